The summed E-state index contributed by atoms with van der Waals surface area (Å²) in [4.78, 5) is 0. The molecule has 0 aromatic carbocycles. The Balaban J connectivity index is -0.0000000542. The van der Waals surface area contributed by atoms with Gasteiger partial charge >= 0.3 is 0 Å². The van der Waals surface area contributed by atoms with Crippen LogP contribution < -0.4 is 11.5 Å². The van der Waals surface area contributed by atoms with E-state index in [0.29, 0.717) is 13.1 Å². The molecule has 0 bridgehead atoms. The topological polar surface area (TPSA) is 92.5 Å². The Bertz CT molecular complexity index is 14.0. The van der Waals surface area contributed by atoms with Crippen molar-refractivity contribution in [2.75, 3.05) is 27.3 Å². The van der Waals surface area contributed by atoms with Crippen molar-refractivity contribution in [1.82, 2.24) is 0 Å². The van der Waals surface area contributed by atoms with Crippen molar-refractivity contribution in [3.05, 3.63) is 0 Å². The van der Waals surface area contributed by atoms with E-state index in [4.69, 9.17) is 21.7 Å². The van der Waals surface area contributed by atoms with Crippen molar-refractivity contribution < 1.29 is 10.2 Å². The highest BCUT2D eigenvalue weighted by molar-refractivity contribution is 4.26. The second-order valence-corrected chi connectivity index (χ2v) is 0.577. The molecule has 0 unspecified atom stereocenters. The van der Waals surface area contributed by atoms with Crippen LogP contribution in [0.15, 0.2) is 0 Å². The second-order valence-electron chi connectivity index (χ2n) is 0.577. The zero-order chi connectivity index (χ0) is 7.41. The Morgan fingerprint density at radius 2 is 1.00 bits per heavy atom. The number of nitrogens with two attached hydrogens (primary N) is 2. The molecular weight excluding hydrogens is 108 g/mol. The van der Waals surface area contributed by atoms with Gasteiger partial charge in [0, 0.05) is 27.3 Å². The summed E-state index contributed by atoms with van der Waals surface area (Å²) in [6.45, 7) is 1.19. The predicted molar refractivity (Wildman–Crippen MR) is 34.4 cm³/mol. The third-order valence-corrected chi connectivity index (χ3v) is 0.167. The molecule has 4 heteroatoms. The maximum Gasteiger partial charge on any atom is 0.0319 e. The van der Waals surface area contributed by atoms with Crippen molar-refractivity contribution in [3.8, 4) is 0 Å². The highest BCUT2D eigenvalue weighted by Gasteiger charge is 1.54. The van der Waals surface area contributed by atoms with Crippen LogP contribution in [0, 0.1) is 0 Å². The van der Waals surface area contributed by atoms with Crippen LogP contribution in [0.5, 0.6) is 0 Å². The third kappa shape index (κ3) is 194. The number of hydrogen-bond donors (Lipinski definition) is 4. The Morgan fingerprint density at radius 3 is 1.00 bits per heavy atom. The molecule has 8 heavy (non-hydrogen) atoms. The van der Waals surface area contributed by atoms with E-state index in [1.807, 2.05) is 0 Å². The van der Waals surface area contributed by atoms with Gasteiger partial charge in [0.15, 0.2) is 0 Å². The van der Waals surface area contributed by atoms with Gasteiger partial charge in [0.1, 0.15) is 0 Å². The molecule has 0 aliphatic carbocycles. The first-order valence-corrected chi connectivity index (χ1v) is 2.21. The summed E-state index contributed by atoms with van der Waals surface area (Å²) in [7, 11) is 2.00. The highest BCUT2D eigenvalue weighted by Crippen LogP contribution is 1.24. The van der Waals surface area contributed by atoms with Gasteiger partial charge in [0.25, 0.3) is 0 Å². The van der Waals surface area contributed by atoms with Gasteiger partial charge < -0.3 is 21.7 Å². The van der Waals surface area contributed by atoms with Gasteiger partial charge in [-0.25, -0.2) is 0 Å². The van der Waals surface area contributed by atoms with Crippen LogP contribution in [0.4, 0.5) is 0 Å². The van der Waals surface area contributed by atoms with E-state index in [1.54, 1.807) is 0 Å². The normalized spacial score (nSPS) is 5.25. The fourth-order valence-electron chi connectivity index (χ4n) is 0. The van der Waals surface area contributed by atoms with Gasteiger partial charge in [-0.1, -0.05) is 0 Å². The molecule has 0 radical (unpaired) electrons. The molecule has 54 valence electrons. The van der Waals surface area contributed by atoms with E-state index < -0.39 is 0 Å². The van der Waals surface area contributed by atoms with Gasteiger partial charge in [-0.15, -0.1) is 0 Å². The lowest BCUT2D eigenvalue weighted by atomic mass is 10.7. The molecule has 0 atom stereocenters. The largest absolute Gasteiger partial charge is 0.400 e. The first-order valence-electron chi connectivity index (χ1n) is 2.21. The van der Waals surface area contributed by atoms with Crippen LogP contribution in [-0.4, -0.2) is 37.5 Å². The molecular formula is C4H16N2O2. The van der Waals surface area contributed by atoms with Crippen LogP contribution >= 0.6 is 0 Å². The van der Waals surface area contributed by atoms with Crippen LogP contribution in [0.2, 0.25) is 0 Å². The standard InChI is InChI=1S/C2H8N2.2CH4O/c3-1-2-4;2*1-2/h1-4H2;2*2H,1H3. The average Bonchev–Trinajstić information content (AvgIpc) is 1.96. The monoisotopic (exact) mass is 124 g/mol. The number of rotatable bonds is 1. The molecule has 0 saturated heterocycles. The summed E-state index contributed by atoms with van der Waals surface area (Å²) >= 11 is 0. The fraction of sp³-hybridized carbons (Fsp3) is 1.00. The van der Waals surface area contributed by atoms with E-state index in [1.165, 1.54) is 0 Å². The smallest absolute Gasteiger partial charge is 0.0319 e. The minimum absolute atomic E-state index is 0.597. The zero-order valence-electron chi connectivity index (χ0n) is 5.46. The van der Waals surface area contributed by atoms with Crippen LogP contribution in [0.25, 0.3) is 0 Å². The summed E-state index contributed by atoms with van der Waals surface area (Å²) in [5.74, 6) is 0. The molecule has 0 fully saturated rings. The molecule has 0 aromatic heterocycles. The molecule has 6 N–H and O–H groups in total. The summed E-state index contributed by atoms with van der Waals surface area (Å²) in [5, 5.41) is 14.0. The maximum absolute atomic E-state index is 7.00. The highest BCUT2D eigenvalue weighted by atomic mass is 16.2. The summed E-state index contributed by atoms with van der Waals surface area (Å²) in [5.41, 5.74) is 9.81. The van der Waals surface area contributed by atoms with Gasteiger partial charge in [-0.3, -0.25) is 0 Å². The lowest BCUT2D eigenvalue weighted by molar-refractivity contribution is 0.399. The second kappa shape index (κ2) is 68.9. The van der Waals surface area contributed by atoms with Crippen LogP contribution in [0.1, 0.15) is 0 Å². The minimum atomic E-state index is 0.597. The summed E-state index contributed by atoms with van der Waals surface area (Å²) in [6, 6.07) is 0. The quantitative estimate of drug-likeness (QED) is 0.329. The third-order valence-electron chi connectivity index (χ3n) is 0.167. The summed E-state index contributed by atoms with van der Waals surface area (Å²) in [6.07, 6.45) is 0. The Morgan fingerprint density at radius 1 is 0.875 bits per heavy atom. The van der Waals surface area contributed by atoms with Gasteiger partial charge in [-0.05, 0) is 0 Å². The van der Waals surface area contributed by atoms with Crippen molar-refractivity contribution in [2.45, 2.75) is 0 Å². The van der Waals surface area contributed by atoms with E-state index in [0.717, 1.165) is 14.2 Å². The van der Waals surface area contributed by atoms with E-state index in [2.05, 4.69) is 0 Å². The molecule has 0 rings (SSSR count). The molecule has 0 amide bonds. The van der Waals surface area contributed by atoms with Crippen molar-refractivity contribution >= 4 is 0 Å². The first kappa shape index (κ1) is 15.7. The number of hydrogen-bond acceptors (Lipinski definition) is 4. The SMILES string of the molecule is CO.CO.NCCN. The fourth-order valence-corrected chi connectivity index (χ4v) is 0. The van der Waals surface area contributed by atoms with Crippen molar-refractivity contribution in [1.29, 1.82) is 0 Å². The Kier molecular flexibility index (Phi) is 135. The molecule has 0 spiro atoms. The average molecular weight is 124 g/mol. The number of aliphatic hydroxyl groups is 2. The molecule has 0 aromatic rings. The molecule has 0 aliphatic rings. The Labute approximate surface area is 50.1 Å². The van der Waals surface area contributed by atoms with Gasteiger partial charge in [0.2, 0.25) is 0 Å². The molecule has 0 aliphatic heterocycles. The zero-order valence-corrected chi connectivity index (χ0v) is 5.46. The van der Waals surface area contributed by atoms with E-state index >= 15 is 0 Å². The van der Waals surface area contributed by atoms with E-state index in [-0.39, 0.29) is 0 Å². The summed E-state index contributed by atoms with van der Waals surface area (Å²) < 4.78 is 0. The Hall–Kier alpha value is -0.160. The molecule has 0 saturated carbocycles. The van der Waals surface area contributed by atoms with Crippen molar-refractivity contribution in [2.24, 2.45) is 11.5 Å². The van der Waals surface area contributed by atoms with Crippen LogP contribution in [-0.2, 0) is 0 Å². The van der Waals surface area contributed by atoms with Crippen LogP contribution in [0.3, 0.4) is 0 Å². The maximum atomic E-state index is 7.00. The molecule has 0 heterocycles. The first-order chi connectivity index (χ1) is 3.91. The van der Waals surface area contributed by atoms with Gasteiger partial charge in [0.05, 0.1) is 0 Å². The molecule has 4 nitrogen and oxygen atoms in total. The van der Waals surface area contributed by atoms with Crippen molar-refractivity contribution in [3.63, 3.8) is 0 Å². The minimum Gasteiger partial charge on any atom is -0.400 e. The lowest BCUT2D eigenvalue weighted by Crippen LogP contribution is -2.11. The van der Waals surface area contributed by atoms with E-state index in [9.17, 15) is 0 Å². The number of aliphatic hydroxyl groups excluding tert-OH is 2. The van der Waals surface area contributed by atoms with Gasteiger partial charge in [-0.2, -0.15) is 0 Å². The lowest BCUT2D eigenvalue weighted by Gasteiger charge is -1.72. The predicted octanol–water partition coefficient (Wildman–Crippen LogP) is -1.88.